The number of anilines is 1. The molecule has 0 saturated carbocycles. The summed E-state index contributed by atoms with van der Waals surface area (Å²) in [5.74, 6) is 0. The molecule has 3 rings (SSSR count). The van der Waals surface area contributed by atoms with Crippen molar-refractivity contribution < 1.29 is 0 Å². The zero-order valence-corrected chi connectivity index (χ0v) is 13.0. The summed E-state index contributed by atoms with van der Waals surface area (Å²) in [7, 11) is 0. The largest absolute Gasteiger partial charge is 0.357 e. The van der Waals surface area contributed by atoms with Gasteiger partial charge in [0.2, 0.25) is 0 Å². The zero-order valence-electron chi connectivity index (χ0n) is 9.86. The smallest absolute Gasteiger partial charge is 0.184 e. The van der Waals surface area contributed by atoms with Crippen molar-refractivity contribution in [1.29, 1.82) is 0 Å². The van der Waals surface area contributed by atoms with Gasteiger partial charge in [-0.25, -0.2) is 4.98 Å². The molecular formula is C14H10BrClN2S. The van der Waals surface area contributed by atoms with Crippen LogP contribution in [-0.2, 0) is 6.54 Å². The molecule has 5 heteroatoms. The van der Waals surface area contributed by atoms with Crippen molar-refractivity contribution in [3.05, 3.63) is 57.5 Å². The number of nitrogens with one attached hydrogen (secondary N) is 1. The Labute approximate surface area is 128 Å². The summed E-state index contributed by atoms with van der Waals surface area (Å²) in [6.07, 6.45) is 0. The zero-order chi connectivity index (χ0) is 13.2. The SMILES string of the molecule is Clc1ccc2nc(NCc3cccc(Br)c3)sc2c1. The summed E-state index contributed by atoms with van der Waals surface area (Å²) in [5, 5.41) is 5.00. The first-order valence-electron chi connectivity index (χ1n) is 5.75. The molecular weight excluding hydrogens is 344 g/mol. The number of hydrogen-bond acceptors (Lipinski definition) is 3. The topological polar surface area (TPSA) is 24.9 Å². The first kappa shape index (κ1) is 12.9. The van der Waals surface area contributed by atoms with Crippen molar-refractivity contribution in [2.24, 2.45) is 0 Å². The third-order valence-electron chi connectivity index (χ3n) is 2.68. The third kappa shape index (κ3) is 3.08. The Morgan fingerprint density at radius 1 is 1.21 bits per heavy atom. The van der Waals surface area contributed by atoms with Crippen LogP contribution in [0.5, 0.6) is 0 Å². The van der Waals surface area contributed by atoms with E-state index in [0.29, 0.717) is 0 Å². The van der Waals surface area contributed by atoms with Gasteiger partial charge in [-0.05, 0) is 35.9 Å². The molecule has 2 aromatic carbocycles. The second-order valence-electron chi connectivity index (χ2n) is 4.11. The molecule has 0 radical (unpaired) electrons. The van der Waals surface area contributed by atoms with Crippen LogP contribution in [-0.4, -0.2) is 4.98 Å². The van der Waals surface area contributed by atoms with Gasteiger partial charge in [-0.15, -0.1) is 0 Å². The molecule has 0 aliphatic heterocycles. The van der Waals surface area contributed by atoms with Gasteiger partial charge in [0.05, 0.1) is 10.2 Å². The Morgan fingerprint density at radius 3 is 2.95 bits per heavy atom. The molecule has 0 spiro atoms. The van der Waals surface area contributed by atoms with Gasteiger partial charge < -0.3 is 5.32 Å². The van der Waals surface area contributed by atoms with Crippen LogP contribution in [0.1, 0.15) is 5.56 Å². The summed E-state index contributed by atoms with van der Waals surface area (Å²) < 4.78 is 2.19. The Hall–Kier alpha value is -1.10. The molecule has 2 nitrogen and oxygen atoms in total. The van der Waals surface area contributed by atoms with Gasteiger partial charge in [0.15, 0.2) is 5.13 Å². The van der Waals surface area contributed by atoms with Gasteiger partial charge in [0.25, 0.3) is 0 Å². The number of halogens is 2. The molecule has 1 heterocycles. The van der Waals surface area contributed by atoms with E-state index in [2.05, 4.69) is 38.4 Å². The maximum absolute atomic E-state index is 5.97. The molecule has 0 amide bonds. The van der Waals surface area contributed by atoms with Gasteiger partial charge in [-0.1, -0.05) is 51.0 Å². The molecule has 3 aromatic rings. The van der Waals surface area contributed by atoms with Crippen LogP contribution in [0.4, 0.5) is 5.13 Å². The van der Waals surface area contributed by atoms with Crippen LogP contribution in [0.25, 0.3) is 10.2 Å². The van der Waals surface area contributed by atoms with Gasteiger partial charge in [0, 0.05) is 16.0 Å². The fourth-order valence-corrected chi connectivity index (χ4v) is 3.38. The molecule has 96 valence electrons. The molecule has 0 bridgehead atoms. The quantitative estimate of drug-likeness (QED) is 0.689. The van der Waals surface area contributed by atoms with Gasteiger partial charge in [-0.2, -0.15) is 0 Å². The molecule has 0 atom stereocenters. The Morgan fingerprint density at radius 2 is 2.11 bits per heavy atom. The molecule has 0 saturated heterocycles. The second kappa shape index (κ2) is 5.49. The number of fused-ring (bicyclic) bond motifs is 1. The number of rotatable bonds is 3. The minimum Gasteiger partial charge on any atom is -0.357 e. The van der Waals surface area contributed by atoms with E-state index in [9.17, 15) is 0 Å². The van der Waals surface area contributed by atoms with E-state index in [-0.39, 0.29) is 0 Å². The highest BCUT2D eigenvalue weighted by atomic mass is 79.9. The lowest BCUT2D eigenvalue weighted by Crippen LogP contribution is -1.98. The number of aromatic nitrogens is 1. The Kier molecular flexibility index (Phi) is 3.73. The third-order valence-corrected chi connectivity index (χ3v) is 4.39. The molecule has 1 aromatic heterocycles. The van der Waals surface area contributed by atoms with Crippen LogP contribution in [0, 0.1) is 0 Å². The van der Waals surface area contributed by atoms with Crippen molar-refractivity contribution in [2.45, 2.75) is 6.54 Å². The average Bonchev–Trinajstić information content (AvgIpc) is 2.78. The van der Waals surface area contributed by atoms with E-state index in [1.54, 1.807) is 11.3 Å². The van der Waals surface area contributed by atoms with Crippen molar-refractivity contribution in [3.8, 4) is 0 Å². The summed E-state index contributed by atoms with van der Waals surface area (Å²) in [4.78, 5) is 4.53. The number of benzene rings is 2. The predicted molar refractivity (Wildman–Crippen MR) is 86.1 cm³/mol. The summed E-state index contributed by atoms with van der Waals surface area (Å²) in [6.45, 7) is 0.757. The van der Waals surface area contributed by atoms with E-state index in [1.807, 2.05) is 30.3 Å². The minimum absolute atomic E-state index is 0.745. The molecule has 0 aliphatic carbocycles. The van der Waals surface area contributed by atoms with E-state index in [0.717, 1.165) is 31.4 Å². The Balaban J connectivity index is 1.78. The van der Waals surface area contributed by atoms with Crippen LogP contribution in [0.3, 0.4) is 0 Å². The fraction of sp³-hybridized carbons (Fsp3) is 0.0714. The summed E-state index contributed by atoms with van der Waals surface area (Å²) in [5.41, 5.74) is 2.19. The van der Waals surface area contributed by atoms with Gasteiger partial charge in [-0.3, -0.25) is 0 Å². The first-order valence-corrected chi connectivity index (χ1v) is 7.74. The molecule has 1 N–H and O–H groups in total. The minimum atomic E-state index is 0.745. The number of nitrogens with zero attached hydrogens (tertiary/aromatic N) is 1. The van der Waals surface area contributed by atoms with Crippen LogP contribution in [0.2, 0.25) is 5.02 Å². The lowest BCUT2D eigenvalue weighted by molar-refractivity contribution is 1.14. The number of thiazole rings is 1. The highest BCUT2D eigenvalue weighted by Crippen LogP contribution is 2.28. The highest BCUT2D eigenvalue weighted by molar-refractivity contribution is 9.10. The Bertz CT molecular complexity index is 726. The van der Waals surface area contributed by atoms with Gasteiger partial charge in [0.1, 0.15) is 0 Å². The molecule has 0 aliphatic rings. The standard InChI is InChI=1S/C14H10BrClN2S/c15-10-3-1-2-9(6-10)8-17-14-18-12-5-4-11(16)7-13(12)19-14/h1-7H,8H2,(H,17,18). The number of hydrogen-bond donors (Lipinski definition) is 1. The lowest BCUT2D eigenvalue weighted by atomic mass is 10.2. The molecule has 0 unspecified atom stereocenters. The maximum atomic E-state index is 5.97. The maximum Gasteiger partial charge on any atom is 0.184 e. The van der Waals surface area contributed by atoms with Crippen LogP contribution < -0.4 is 5.32 Å². The van der Waals surface area contributed by atoms with Crippen molar-refractivity contribution in [1.82, 2.24) is 4.98 Å². The van der Waals surface area contributed by atoms with Crippen molar-refractivity contribution >= 4 is 54.2 Å². The van der Waals surface area contributed by atoms with E-state index in [4.69, 9.17) is 11.6 Å². The van der Waals surface area contributed by atoms with Gasteiger partial charge >= 0.3 is 0 Å². The van der Waals surface area contributed by atoms with Crippen molar-refractivity contribution in [2.75, 3.05) is 5.32 Å². The fourth-order valence-electron chi connectivity index (χ4n) is 1.80. The van der Waals surface area contributed by atoms with Crippen LogP contribution >= 0.6 is 38.9 Å². The molecule has 0 fully saturated rings. The first-order chi connectivity index (χ1) is 9.20. The monoisotopic (exact) mass is 352 g/mol. The second-order valence-corrected chi connectivity index (χ2v) is 6.50. The molecule has 19 heavy (non-hydrogen) atoms. The van der Waals surface area contributed by atoms with E-state index < -0.39 is 0 Å². The lowest BCUT2D eigenvalue weighted by Gasteiger charge is -2.02. The summed E-state index contributed by atoms with van der Waals surface area (Å²) in [6, 6.07) is 14.0. The average molecular weight is 354 g/mol. The van der Waals surface area contributed by atoms with Crippen molar-refractivity contribution in [3.63, 3.8) is 0 Å². The highest BCUT2D eigenvalue weighted by Gasteiger charge is 2.04. The normalized spacial score (nSPS) is 10.8. The predicted octanol–water partition coefficient (Wildman–Crippen LogP) is 5.32. The van der Waals surface area contributed by atoms with E-state index in [1.165, 1.54) is 5.56 Å². The van der Waals surface area contributed by atoms with Crippen LogP contribution in [0.15, 0.2) is 46.9 Å². The summed E-state index contributed by atoms with van der Waals surface area (Å²) >= 11 is 11.1. The van der Waals surface area contributed by atoms with E-state index >= 15 is 0 Å².